The topological polar surface area (TPSA) is 66.4 Å². The number of carboxylic acids is 1. The van der Waals surface area contributed by atoms with Gasteiger partial charge >= 0.3 is 5.97 Å². The molecule has 0 aromatic heterocycles. The number of hydrogen-bond acceptors (Lipinski definition) is 2. The molecule has 0 aromatic carbocycles. The molecular formula is C18H27F2NO3. The molecule has 136 valence electrons. The van der Waals surface area contributed by atoms with Crippen molar-refractivity contribution in [3.05, 3.63) is 0 Å². The van der Waals surface area contributed by atoms with Gasteiger partial charge in [-0.05, 0) is 63.7 Å². The zero-order chi connectivity index (χ0) is 17.4. The lowest BCUT2D eigenvalue weighted by molar-refractivity contribution is -0.163. The highest BCUT2D eigenvalue weighted by Gasteiger charge is 2.55. The zero-order valence-corrected chi connectivity index (χ0v) is 14.1. The van der Waals surface area contributed by atoms with Crippen molar-refractivity contribution < 1.29 is 23.5 Å². The molecule has 24 heavy (non-hydrogen) atoms. The fourth-order valence-corrected chi connectivity index (χ4v) is 4.81. The number of amides is 1. The second-order valence-electron chi connectivity index (χ2n) is 8.23. The van der Waals surface area contributed by atoms with Crippen molar-refractivity contribution in [1.29, 1.82) is 0 Å². The maximum Gasteiger partial charge on any atom is 0.309 e. The summed E-state index contributed by atoms with van der Waals surface area (Å²) in [5, 5.41) is 12.4. The van der Waals surface area contributed by atoms with E-state index in [1.807, 2.05) is 0 Å². The van der Waals surface area contributed by atoms with Crippen molar-refractivity contribution in [2.75, 3.05) is 6.54 Å². The van der Waals surface area contributed by atoms with Crippen LogP contribution in [0.4, 0.5) is 8.78 Å². The minimum atomic E-state index is -2.55. The molecule has 0 heterocycles. The summed E-state index contributed by atoms with van der Waals surface area (Å²) in [5.41, 5.74) is -1.04. The minimum Gasteiger partial charge on any atom is -0.481 e. The van der Waals surface area contributed by atoms with Crippen LogP contribution in [0.15, 0.2) is 0 Å². The van der Waals surface area contributed by atoms with Crippen molar-refractivity contribution >= 4 is 11.9 Å². The normalized spacial score (nSPS) is 38.3. The van der Waals surface area contributed by atoms with Crippen molar-refractivity contribution in [2.45, 2.75) is 76.6 Å². The Kier molecular flexibility index (Phi) is 4.60. The lowest BCUT2D eigenvalue weighted by Gasteiger charge is -2.50. The summed E-state index contributed by atoms with van der Waals surface area (Å²) in [6, 6.07) is 0. The first kappa shape index (κ1) is 17.6. The van der Waals surface area contributed by atoms with Gasteiger partial charge in [-0.2, -0.15) is 0 Å². The Morgan fingerprint density at radius 2 is 1.50 bits per heavy atom. The smallest absolute Gasteiger partial charge is 0.309 e. The van der Waals surface area contributed by atoms with E-state index < -0.39 is 22.7 Å². The van der Waals surface area contributed by atoms with Crippen molar-refractivity contribution in [3.63, 3.8) is 0 Å². The monoisotopic (exact) mass is 343 g/mol. The first-order valence-corrected chi connectivity index (χ1v) is 9.17. The molecule has 4 aliphatic rings. The molecule has 0 aromatic rings. The average molecular weight is 343 g/mol. The molecule has 4 nitrogen and oxygen atoms in total. The quantitative estimate of drug-likeness (QED) is 0.764. The number of nitrogens with one attached hydrogen (secondary N) is 1. The van der Waals surface area contributed by atoms with E-state index in [1.54, 1.807) is 0 Å². The fraction of sp³-hybridized carbons (Fsp3) is 0.889. The van der Waals surface area contributed by atoms with Crippen molar-refractivity contribution in [2.24, 2.45) is 16.7 Å². The first-order valence-electron chi connectivity index (χ1n) is 9.17. The summed E-state index contributed by atoms with van der Waals surface area (Å²) in [7, 11) is 0. The summed E-state index contributed by atoms with van der Waals surface area (Å²) in [4.78, 5) is 24.2. The van der Waals surface area contributed by atoms with Crippen LogP contribution < -0.4 is 5.32 Å². The van der Waals surface area contributed by atoms with Gasteiger partial charge in [0.25, 0.3) is 0 Å². The third-order valence-corrected chi connectivity index (χ3v) is 6.81. The van der Waals surface area contributed by atoms with Crippen LogP contribution in [0.1, 0.15) is 70.6 Å². The fourth-order valence-electron chi connectivity index (χ4n) is 4.81. The van der Waals surface area contributed by atoms with Gasteiger partial charge in [0.15, 0.2) is 0 Å². The molecule has 0 spiro atoms. The second-order valence-corrected chi connectivity index (χ2v) is 8.23. The summed E-state index contributed by atoms with van der Waals surface area (Å²) < 4.78 is 26.8. The molecule has 2 bridgehead atoms. The van der Waals surface area contributed by atoms with E-state index in [-0.39, 0.29) is 24.7 Å². The van der Waals surface area contributed by atoms with E-state index in [4.69, 9.17) is 0 Å². The van der Waals surface area contributed by atoms with E-state index in [2.05, 4.69) is 5.32 Å². The van der Waals surface area contributed by atoms with Gasteiger partial charge in [0.2, 0.25) is 11.8 Å². The Bertz CT molecular complexity index is 496. The molecule has 0 radical (unpaired) electrons. The number of fused-ring (bicyclic) bond motifs is 3. The molecule has 2 N–H and O–H groups in total. The zero-order valence-electron chi connectivity index (χ0n) is 14.1. The predicted molar refractivity (Wildman–Crippen MR) is 84.7 cm³/mol. The summed E-state index contributed by atoms with van der Waals surface area (Å²) in [6.07, 6.45) is 5.21. The molecule has 0 aliphatic heterocycles. The van der Waals surface area contributed by atoms with Crippen LogP contribution in [-0.2, 0) is 9.59 Å². The standard InChI is InChI=1S/C18H27F2NO3/c19-18(20)4-1-2-13(3-5-18)12-21-14(22)16-6-9-17(10-7-16,11-8-16)15(23)24/h13H,1-12H2,(H,21,22)(H,23,24). The largest absolute Gasteiger partial charge is 0.481 e. The predicted octanol–water partition coefficient (Wildman–Crippen LogP) is 3.74. The molecule has 4 aliphatic carbocycles. The Morgan fingerprint density at radius 1 is 0.917 bits per heavy atom. The number of rotatable bonds is 4. The molecule has 1 atom stereocenters. The summed E-state index contributed by atoms with van der Waals surface area (Å²) in [5.74, 6) is -3.14. The van der Waals surface area contributed by atoms with E-state index in [0.29, 0.717) is 57.9 Å². The van der Waals surface area contributed by atoms with Gasteiger partial charge in [-0.1, -0.05) is 0 Å². The molecule has 4 fully saturated rings. The maximum atomic E-state index is 13.4. The van der Waals surface area contributed by atoms with Crippen molar-refractivity contribution in [1.82, 2.24) is 5.32 Å². The van der Waals surface area contributed by atoms with Crippen molar-refractivity contribution in [3.8, 4) is 0 Å². The number of carboxylic acid groups (broad SMARTS) is 1. The second kappa shape index (κ2) is 6.26. The lowest BCUT2D eigenvalue weighted by atomic mass is 9.53. The van der Waals surface area contributed by atoms with Crippen LogP contribution in [0.5, 0.6) is 0 Å². The van der Waals surface area contributed by atoms with Crippen LogP contribution in [0.3, 0.4) is 0 Å². The Labute approximate surface area is 141 Å². The van der Waals surface area contributed by atoms with Crippen LogP contribution in [-0.4, -0.2) is 29.5 Å². The van der Waals surface area contributed by atoms with E-state index >= 15 is 0 Å². The molecular weight excluding hydrogens is 316 g/mol. The van der Waals surface area contributed by atoms with Gasteiger partial charge in [-0.3, -0.25) is 9.59 Å². The maximum absolute atomic E-state index is 13.4. The molecule has 0 saturated heterocycles. The first-order chi connectivity index (χ1) is 11.3. The highest BCUT2D eigenvalue weighted by molar-refractivity contribution is 5.84. The molecule has 4 saturated carbocycles. The average Bonchev–Trinajstić information content (AvgIpc) is 2.74. The summed E-state index contributed by atoms with van der Waals surface area (Å²) >= 11 is 0. The Hall–Kier alpha value is -1.20. The highest BCUT2D eigenvalue weighted by Crippen LogP contribution is 2.57. The van der Waals surface area contributed by atoms with Crippen LogP contribution in [0.25, 0.3) is 0 Å². The number of carbonyl (C=O) groups is 2. The van der Waals surface area contributed by atoms with Gasteiger partial charge in [0.05, 0.1) is 5.41 Å². The Balaban J connectivity index is 1.52. The lowest BCUT2D eigenvalue weighted by Crippen LogP contribution is -2.53. The number of alkyl halides is 2. The van der Waals surface area contributed by atoms with E-state index in [0.717, 1.165) is 6.42 Å². The van der Waals surface area contributed by atoms with Gasteiger partial charge < -0.3 is 10.4 Å². The number of carbonyl (C=O) groups excluding carboxylic acids is 1. The number of aliphatic carboxylic acids is 1. The highest BCUT2D eigenvalue weighted by atomic mass is 19.3. The van der Waals surface area contributed by atoms with Gasteiger partial charge in [-0.25, -0.2) is 8.78 Å². The van der Waals surface area contributed by atoms with E-state index in [1.165, 1.54) is 0 Å². The molecule has 1 amide bonds. The molecule has 6 heteroatoms. The summed E-state index contributed by atoms with van der Waals surface area (Å²) in [6.45, 7) is 0.473. The number of halogens is 2. The van der Waals surface area contributed by atoms with Gasteiger partial charge in [0, 0.05) is 24.8 Å². The molecule has 4 rings (SSSR count). The number of hydrogen-bond donors (Lipinski definition) is 2. The third-order valence-electron chi connectivity index (χ3n) is 6.81. The van der Waals surface area contributed by atoms with E-state index in [9.17, 15) is 23.5 Å². The van der Waals surface area contributed by atoms with Crippen LogP contribution in [0.2, 0.25) is 0 Å². The minimum absolute atomic E-state index is 0.0113. The SMILES string of the molecule is O=C(O)C12CCC(C(=O)NCC3CCCC(F)(F)CC3)(CC1)CC2. The molecule has 1 unspecified atom stereocenters. The third kappa shape index (κ3) is 3.29. The van der Waals surface area contributed by atoms with Crippen LogP contribution in [0, 0.1) is 16.7 Å². The van der Waals surface area contributed by atoms with Gasteiger partial charge in [0.1, 0.15) is 0 Å². The van der Waals surface area contributed by atoms with Gasteiger partial charge in [-0.15, -0.1) is 0 Å². The Morgan fingerprint density at radius 3 is 2.08 bits per heavy atom. The van der Waals surface area contributed by atoms with Crippen LogP contribution >= 0.6 is 0 Å².